The van der Waals surface area contributed by atoms with Gasteiger partial charge in [-0.3, -0.25) is 0 Å². The summed E-state index contributed by atoms with van der Waals surface area (Å²) in [6.45, 7) is 4.21. The van der Waals surface area contributed by atoms with Gasteiger partial charge in [-0.2, -0.15) is 5.26 Å². The Morgan fingerprint density at radius 3 is 2.47 bits per heavy atom. The maximum atomic E-state index is 10.6. The number of nitrogens with zero attached hydrogens (tertiary/aromatic N) is 1. The number of benzene rings is 1. The van der Waals surface area contributed by atoms with Crippen LogP contribution in [0.3, 0.4) is 0 Å². The van der Waals surface area contributed by atoms with E-state index in [2.05, 4.69) is 19.9 Å². The van der Waals surface area contributed by atoms with Crippen molar-refractivity contribution in [1.82, 2.24) is 0 Å². The van der Waals surface area contributed by atoms with Gasteiger partial charge < -0.3 is 4.79 Å². The Morgan fingerprint density at radius 2 is 2.00 bits per heavy atom. The van der Waals surface area contributed by atoms with E-state index in [-0.39, 0.29) is 0 Å². The van der Waals surface area contributed by atoms with Gasteiger partial charge in [-0.1, -0.05) is 44.2 Å². The van der Waals surface area contributed by atoms with Gasteiger partial charge in [0.05, 0.1) is 11.5 Å². The largest absolute Gasteiger partial charge is 0.303 e. The average Bonchev–Trinajstić information content (AvgIpc) is 2.35. The first-order valence-corrected chi connectivity index (χ1v) is 6.05. The monoisotopic (exact) mass is 229 g/mol. The summed E-state index contributed by atoms with van der Waals surface area (Å²) < 4.78 is 0. The minimum Gasteiger partial charge on any atom is -0.303 e. The number of carbonyl (C=O) groups is 1. The van der Waals surface area contributed by atoms with Crippen LogP contribution in [0.25, 0.3) is 0 Å². The number of carbonyl (C=O) groups excluding carboxylic acids is 1. The van der Waals surface area contributed by atoms with Gasteiger partial charge >= 0.3 is 0 Å². The molecule has 0 radical (unpaired) electrons. The van der Waals surface area contributed by atoms with Gasteiger partial charge in [-0.15, -0.1) is 0 Å². The second-order valence-corrected chi connectivity index (χ2v) is 4.86. The molecule has 1 atom stereocenters. The Kier molecular flexibility index (Phi) is 4.90. The first-order chi connectivity index (χ1) is 8.14. The minimum atomic E-state index is -0.518. The molecule has 1 aromatic rings. The van der Waals surface area contributed by atoms with Crippen molar-refractivity contribution in [1.29, 1.82) is 5.26 Å². The van der Waals surface area contributed by atoms with Crippen LogP contribution in [-0.4, -0.2) is 6.29 Å². The zero-order valence-corrected chi connectivity index (χ0v) is 10.5. The van der Waals surface area contributed by atoms with Gasteiger partial charge in [0.25, 0.3) is 0 Å². The van der Waals surface area contributed by atoms with E-state index in [1.807, 2.05) is 30.3 Å². The fraction of sp³-hybridized carbons (Fsp3) is 0.467. The molecule has 2 heteroatoms. The molecule has 90 valence electrons. The highest BCUT2D eigenvalue weighted by molar-refractivity contribution is 5.50. The van der Waals surface area contributed by atoms with Crippen molar-refractivity contribution >= 4 is 6.29 Å². The van der Waals surface area contributed by atoms with E-state index in [9.17, 15) is 10.1 Å². The van der Waals surface area contributed by atoms with Crippen molar-refractivity contribution in [3.05, 3.63) is 35.9 Å². The molecule has 0 amide bonds. The van der Waals surface area contributed by atoms with E-state index in [0.717, 1.165) is 18.3 Å². The second-order valence-electron chi connectivity index (χ2n) is 4.86. The van der Waals surface area contributed by atoms with Crippen molar-refractivity contribution in [2.75, 3.05) is 0 Å². The maximum Gasteiger partial charge on any atom is 0.120 e. The molecule has 0 heterocycles. The highest BCUT2D eigenvalue weighted by Gasteiger charge is 2.32. The Bertz CT molecular complexity index is 391. The number of nitriles is 1. The Hall–Kier alpha value is -1.62. The molecular weight excluding hydrogens is 210 g/mol. The summed E-state index contributed by atoms with van der Waals surface area (Å²) >= 11 is 0. The first kappa shape index (κ1) is 13.4. The molecule has 0 aliphatic heterocycles. The van der Waals surface area contributed by atoms with Crippen LogP contribution in [0.2, 0.25) is 0 Å². The third kappa shape index (κ3) is 3.42. The number of aldehydes is 1. The highest BCUT2D eigenvalue weighted by atomic mass is 16.1. The average molecular weight is 229 g/mol. The van der Waals surface area contributed by atoms with Crippen molar-refractivity contribution in [3.63, 3.8) is 0 Å². The lowest BCUT2D eigenvalue weighted by atomic mass is 9.72. The molecule has 0 aromatic heterocycles. The molecule has 0 saturated heterocycles. The summed E-state index contributed by atoms with van der Waals surface area (Å²) in [6, 6.07) is 12.2. The quantitative estimate of drug-likeness (QED) is 0.701. The van der Waals surface area contributed by atoms with Crippen LogP contribution in [0.1, 0.15) is 38.7 Å². The lowest BCUT2D eigenvalue weighted by Crippen LogP contribution is -2.26. The van der Waals surface area contributed by atoms with E-state index in [0.29, 0.717) is 18.8 Å². The van der Waals surface area contributed by atoms with Gasteiger partial charge in [-0.05, 0) is 24.3 Å². The number of rotatable bonds is 6. The van der Waals surface area contributed by atoms with Crippen LogP contribution in [0.5, 0.6) is 0 Å². The predicted molar refractivity (Wildman–Crippen MR) is 68.5 cm³/mol. The third-order valence-electron chi connectivity index (χ3n) is 2.99. The van der Waals surface area contributed by atoms with Crippen molar-refractivity contribution in [2.24, 2.45) is 5.92 Å². The van der Waals surface area contributed by atoms with Crippen LogP contribution in [0.15, 0.2) is 30.3 Å². The van der Waals surface area contributed by atoms with E-state index >= 15 is 0 Å². The van der Waals surface area contributed by atoms with Gasteiger partial charge in [0.2, 0.25) is 0 Å². The first-order valence-electron chi connectivity index (χ1n) is 6.05. The highest BCUT2D eigenvalue weighted by Crippen LogP contribution is 2.35. The Balaban J connectivity index is 3.07. The molecule has 0 aliphatic carbocycles. The van der Waals surface area contributed by atoms with Crippen molar-refractivity contribution in [3.8, 4) is 6.07 Å². The molecular formula is C15H19NO. The Morgan fingerprint density at radius 1 is 1.35 bits per heavy atom. The predicted octanol–water partition coefficient (Wildman–Crippen LogP) is 3.47. The standard InChI is InChI=1S/C15H19NO/c1-13(2)11-15(12-16,9-6-10-17)14-7-4-3-5-8-14/h3-5,7-8,10,13H,6,9,11H2,1-2H3. The summed E-state index contributed by atoms with van der Waals surface area (Å²) in [6.07, 6.45) is 2.74. The molecule has 0 saturated carbocycles. The van der Waals surface area contributed by atoms with Gasteiger partial charge in [0.15, 0.2) is 0 Å². The summed E-state index contributed by atoms with van der Waals surface area (Å²) in [5.74, 6) is 0.432. The summed E-state index contributed by atoms with van der Waals surface area (Å²) in [5, 5.41) is 9.54. The molecule has 0 N–H and O–H groups in total. The fourth-order valence-electron chi connectivity index (χ4n) is 2.29. The van der Waals surface area contributed by atoms with Crippen LogP contribution in [-0.2, 0) is 10.2 Å². The van der Waals surface area contributed by atoms with Gasteiger partial charge in [-0.25, -0.2) is 0 Å². The molecule has 0 spiro atoms. The lowest BCUT2D eigenvalue weighted by Gasteiger charge is -2.28. The van der Waals surface area contributed by atoms with Crippen LogP contribution >= 0.6 is 0 Å². The topological polar surface area (TPSA) is 40.9 Å². The molecule has 0 bridgehead atoms. The smallest absolute Gasteiger partial charge is 0.120 e. The molecule has 1 rings (SSSR count). The molecule has 1 unspecified atom stereocenters. The van der Waals surface area contributed by atoms with Crippen LogP contribution < -0.4 is 0 Å². The zero-order valence-electron chi connectivity index (χ0n) is 10.5. The molecule has 0 fully saturated rings. The third-order valence-corrected chi connectivity index (χ3v) is 2.99. The lowest BCUT2D eigenvalue weighted by molar-refractivity contribution is -0.108. The molecule has 0 aliphatic rings. The van der Waals surface area contributed by atoms with E-state index < -0.39 is 5.41 Å². The normalized spacial score (nSPS) is 14.0. The van der Waals surface area contributed by atoms with Gasteiger partial charge in [0, 0.05) is 6.42 Å². The molecule has 2 nitrogen and oxygen atoms in total. The zero-order chi connectivity index (χ0) is 12.7. The number of hydrogen-bond donors (Lipinski definition) is 0. The maximum absolute atomic E-state index is 10.6. The SMILES string of the molecule is CC(C)CC(C#N)(CCC=O)c1ccccc1. The number of hydrogen-bond acceptors (Lipinski definition) is 2. The van der Waals surface area contributed by atoms with Gasteiger partial charge in [0.1, 0.15) is 6.29 Å². The summed E-state index contributed by atoms with van der Waals surface area (Å²) in [7, 11) is 0. The fourth-order valence-corrected chi connectivity index (χ4v) is 2.29. The van der Waals surface area contributed by atoms with Crippen LogP contribution in [0, 0.1) is 17.2 Å². The molecule has 17 heavy (non-hydrogen) atoms. The molecule has 1 aromatic carbocycles. The van der Waals surface area contributed by atoms with Crippen molar-refractivity contribution in [2.45, 2.75) is 38.5 Å². The van der Waals surface area contributed by atoms with E-state index in [1.165, 1.54) is 0 Å². The minimum absolute atomic E-state index is 0.432. The second kappa shape index (κ2) is 6.20. The van der Waals surface area contributed by atoms with E-state index in [1.54, 1.807) is 0 Å². The summed E-state index contributed by atoms with van der Waals surface area (Å²) in [5.41, 5.74) is 0.508. The van der Waals surface area contributed by atoms with Crippen molar-refractivity contribution < 1.29 is 4.79 Å². The van der Waals surface area contributed by atoms with E-state index in [4.69, 9.17) is 0 Å². The van der Waals surface area contributed by atoms with Crippen LogP contribution in [0.4, 0.5) is 0 Å². The summed E-state index contributed by atoms with van der Waals surface area (Å²) in [4.78, 5) is 10.6. The Labute approximate surface area is 103 Å².